The third kappa shape index (κ3) is 12.3. The molecule has 0 radical (unpaired) electrons. The van der Waals surface area contributed by atoms with Crippen molar-refractivity contribution >= 4 is 41.4 Å². The first kappa shape index (κ1) is 33.1. The van der Waals surface area contributed by atoms with Crippen LogP contribution in [0.3, 0.4) is 0 Å². The number of benzene rings is 1. The molecule has 0 aliphatic rings. The van der Waals surface area contributed by atoms with Crippen LogP contribution < -0.4 is 33.2 Å². The van der Waals surface area contributed by atoms with Gasteiger partial charge in [-0.2, -0.15) is 11.8 Å². The molecule has 0 aliphatic carbocycles. The van der Waals surface area contributed by atoms with Gasteiger partial charge < -0.3 is 43.2 Å². The smallest absolute Gasteiger partial charge is 0.326 e. The summed E-state index contributed by atoms with van der Waals surface area (Å²) in [6.45, 7) is 0.225. The number of aliphatic imine (C=N–C) groups is 1. The molecule has 4 atom stereocenters. The average Bonchev–Trinajstić information content (AvgIpc) is 3.46. The van der Waals surface area contributed by atoms with Crippen LogP contribution in [-0.4, -0.2) is 87.4 Å². The molecule has 0 fully saturated rings. The number of nitrogens with one attached hydrogen (secondary N) is 4. The van der Waals surface area contributed by atoms with E-state index >= 15 is 0 Å². The molecular formula is C26H39N9O5S. The lowest BCUT2D eigenvalue weighted by Crippen LogP contribution is -2.57. The number of H-pyrrole nitrogens is 1. The minimum atomic E-state index is -1.28. The van der Waals surface area contributed by atoms with Gasteiger partial charge in [0.2, 0.25) is 17.7 Å². The number of carbonyl (C=O) groups excluding carboxylic acids is 3. The van der Waals surface area contributed by atoms with E-state index in [9.17, 15) is 24.3 Å². The van der Waals surface area contributed by atoms with Crippen LogP contribution >= 0.6 is 11.8 Å². The number of carboxylic acid groups (broad SMARTS) is 1. The molecule has 41 heavy (non-hydrogen) atoms. The maximum absolute atomic E-state index is 13.5. The molecule has 14 nitrogen and oxygen atoms in total. The van der Waals surface area contributed by atoms with Crippen LogP contribution in [0.1, 0.15) is 30.5 Å². The second kappa shape index (κ2) is 17.6. The summed E-state index contributed by atoms with van der Waals surface area (Å²) in [6.07, 6.45) is 5.75. The fourth-order valence-corrected chi connectivity index (χ4v) is 4.34. The average molecular weight is 590 g/mol. The molecule has 2 aromatic rings. The Bertz CT molecular complexity index is 1140. The number of amides is 3. The van der Waals surface area contributed by atoms with Crippen molar-refractivity contribution in [3.05, 3.63) is 54.1 Å². The zero-order valence-electron chi connectivity index (χ0n) is 22.9. The first-order chi connectivity index (χ1) is 19.6. The summed E-state index contributed by atoms with van der Waals surface area (Å²) >= 11 is 1.54. The first-order valence-corrected chi connectivity index (χ1v) is 14.4. The zero-order chi connectivity index (χ0) is 30.2. The van der Waals surface area contributed by atoms with E-state index < -0.39 is 47.9 Å². The minimum Gasteiger partial charge on any atom is -0.480 e. The minimum absolute atomic E-state index is 0.0372. The van der Waals surface area contributed by atoms with Crippen LogP contribution in [-0.2, 0) is 32.0 Å². The second-order valence-corrected chi connectivity index (χ2v) is 10.3. The van der Waals surface area contributed by atoms with Crippen molar-refractivity contribution in [2.45, 2.75) is 56.3 Å². The lowest BCUT2D eigenvalue weighted by atomic mass is 10.0. The number of hydrogen-bond acceptors (Lipinski definition) is 8. The van der Waals surface area contributed by atoms with E-state index in [4.69, 9.17) is 17.2 Å². The normalized spacial score (nSPS) is 13.7. The highest BCUT2D eigenvalue weighted by molar-refractivity contribution is 7.98. The number of carboxylic acids is 1. The Morgan fingerprint density at radius 2 is 1.63 bits per heavy atom. The Balaban J connectivity index is 2.23. The van der Waals surface area contributed by atoms with E-state index in [1.54, 1.807) is 36.0 Å². The molecule has 15 heteroatoms. The van der Waals surface area contributed by atoms with Crippen LogP contribution in [0.2, 0.25) is 0 Å². The maximum Gasteiger partial charge on any atom is 0.326 e. The highest BCUT2D eigenvalue weighted by atomic mass is 32.2. The molecule has 1 heterocycles. The fourth-order valence-electron chi connectivity index (χ4n) is 3.85. The van der Waals surface area contributed by atoms with Crippen molar-refractivity contribution in [2.75, 3.05) is 18.6 Å². The van der Waals surface area contributed by atoms with Gasteiger partial charge in [0.25, 0.3) is 0 Å². The molecular weight excluding hydrogens is 550 g/mol. The molecule has 0 spiro atoms. The molecule has 0 bridgehead atoms. The lowest BCUT2D eigenvalue weighted by molar-refractivity contribution is -0.142. The Labute approximate surface area is 242 Å². The maximum atomic E-state index is 13.5. The number of thioether (sulfide) groups is 1. The van der Waals surface area contributed by atoms with Gasteiger partial charge in [-0.15, -0.1) is 0 Å². The van der Waals surface area contributed by atoms with Crippen molar-refractivity contribution < 1.29 is 24.3 Å². The molecule has 3 amide bonds. The number of guanidine groups is 1. The van der Waals surface area contributed by atoms with Gasteiger partial charge in [0, 0.05) is 31.3 Å². The van der Waals surface area contributed by atoms with Crippen molar-refractivity contribution in [3.8, 4) is 0 Å². The second-order valence-electron chi connectivity index (χ2n) is 9.33. The quantitative estimate of drug-likeness (QED) is 0.0590. The number of aliphatic carboxylic acids is 1. The zero-order valence-corrected chi connectivity index (χ0v) is 23.7. The monoisotopic (exact) mass is 589 g/mol. The molecule has 0 saturated heterocycles. The van der Waals surface area contributed by atoms with Crippen molar-refractivity contribution in [1.82, 2.24) is 25.9 Å². The van der Waals surface area contributed by atoms with Gasteiger partial charge >= 0.3 is 5.97 Å². The Hall–Kier alpha value is -4.11. The van der Waals surface area contributed by atoms with E-state index in [-0.39, 0.29) is 31.8 Å². The van der Waals surface area contributed by atoms with Gasteiger partial charge in [0.1, 0.15) is 18.1 Å². The van der Waals surface area contributed by atoms with E-state index in [0.717, 1.165) is 5.56 Å². The van der Waals surface area contributed by atoms with Crippen LogP contribution in [0.5, 0.6) is 0 Å². The first-order valence-electron chi connectivity index (χ1n) is 13.1. The van der Waals surface area contributed by atoms with Gasteiger partial charge in [-0.05, 0) is 36.8 Å². The lowest BCUT2D eigenvalue weighted by Gasteiger charge is -2.25. The van der Waals surface area contributed by atoms with Gasteiger partial charge in [0.05, 0.1) is 12.4 Å². The summed E-state index contributed by atoms with van der Waals surface area (Å²) in [5.74, 6) is -2.51. The van der Waals surface area contributed by atoms with E-state index in [2.05, 4.69) is 30.9 Å². The Kier molecular flexibility index (Phi) is 14.2. The summed E-state index contributed by atoms with van der Waals surface area (Å²) in [6, 6.07) is 4.67. The number of aromatic amines is 1. The predicted octanol–water partition coefficient (Wildman–Crippen LogP) is -1.13. The summed E-state index contributed by atoms with van der Waals surface area (Å²) in [5, 5.41) is 17.6. The van der Waals surface area contributed by atoms with Crippen LogP contribution in [0.25, 0.3) is 0 Å². The summed E-state index contributed by atoms with van der Waals surface area (Å²) in [4.78, 5) is 62.1. The van der Waals surface area contributed by atoms with E-state index in [0.29, 0.717) is 24.3 Å². The van der Waals surface area contributed by atoms with Crippen molar-refractivity contribution in [2.24, 2.45) is 22.2 Å². The molecule has 1 aromatic heterocycles. The fraction of sp³-hybridized carbons (Fsp3) is 0.462. The summed E-state index contributed by atoms with van der Waals surface area (Å²) in [5.41, 5.74) is 18.0. The van der Waals surface area contributed by atoms with Gasteiger partial charge in [-0.1, -0.05) is 30.3 Å². The van der Waals surface area contributed by atoms with Gasteiger partial charge in [-0.25, -0.2) is 9.78 Å². The Morgan fingerprint density at radius 3 is 2.24 bits per heavy atom. The topological polar surface area (TPSA) is 244 Å². The van der Waals surface area contributed by atoms with E-state index in [1.165, 1.54) is 12.5 Å². The number of nitrogens with two attached hydrogens (primary N) is 3. The SMILES string of the molecule is CSCCC(N)C(=O)NC(CCCN=C(N)N)C(=O)NC(Cc1ccccc1)C(=O)NC(Cc1cnc[nH]1)C(=O)O. The van der Waals surface area contributed by atoms with E-state index in [1.807, 2.05) is 12.3 Å². The van der Waals surface area contributed by atoms with Crippen LogP contribution in [0.15, 0.2) is 47.8 Å². The van der Waals surface area contributed by atoms with Gasteiger partial charge in [-0.3, -0.25) is 19.4 Å². The molecule has 11 N–H and O–H groups in total. The predicted molar refractivity (Wildman–Crippen MR) is 157 cm³/mol. The van der Waals surface area contributed by atoms with Crippen LogP contribution in [0.4, 0.5) is 0 Å². The molecule has 0 aliphatic heterocycles. The number of nitrogens with zero attached hydrogens (tertiary/aromatic N) is 2. The standard InChI is InChI=1S/C26H39N9O5S/c1-41-11-9-18(27)22(36)33-19(8-5-10-31-26(28)29)23(37)34-20(12-16-6-3-2-4-7-16)24(38)35-21(25(39)40)13-17-14-30-15-32-17/h2-4,6-7,14-15,18-21H,5,8-13,27H2,1H3,(H,30,32)(H,33,36)(H,34,37)(H,35,38)(H,39,40)(H4,28,29,31). The number of carbonyl (C=O) groups is 4. The number of aromatic nitrogens is 2. The van der Waals surface area contributed by atoms with Crippen LogP contribution in [0, 0.1) is 0 Å². The molecule has 4 unspecified atom stereocenters. The number of imidazole rings is 1. The largest absolute Gasteiger partial charge is 0.480 e. The molecule has 2 rings (SSSR count). The molecule has 224 valence electrons. The Morgan fingerprint density at radius 1 is 0.976 bits per heavy atom. The van der Waals surface area contributed by atoms with Crippen molar-refractivity contribution in [3.63, 3.8) is 0 Å². The molecule has 0 saturated carbocycles. The number of rotatable bonds is 18. The highest BCUT2D eigenvalue weighted by Gasteiger charge is 2.30. The summed E-state index contributed by atoms with van der Waals surface area (Å²) < 4.78 is 0. The van der Waals surface area contributed by atoms with Gasteiger partial charge in [0.15, 0.2) is 5.96 Å². The number of hydrogen-bond donors (Lipinski definition) is 8. The third-order valence-electron chi connectivity index (χ3n) is 6.06. The molecule has 1 aromatic carbocycles. The highest BCUT2D eigenvalue weighted by Crippen LogP contribution is 2.08. The van der Waals surface area contributed by atoms with Crippen molar-refractivity contribution in [1.29, 1.82) is 0 Å². The third-order valence-corrected chi connectivity index (χ3v) is 6.70. The summed E-state index contributed by atoms with van der Waals surface area (Å²) in [7, 11) is 0.